The van der Waals surface area contributed by atoms with E-state index in [1.165, 1.54) is 0 Å². The minimum atomic E-state index is 0.0729. The monoisotopic (exact) mass is 334 g/mol. The fourth-order valence-electron chi connectivity index (χ4n) is 3.57. The summed E-state index contributed by atoms with van der Waals surface area (Å²) in [6, 6.07) is 11.7. The minimum Gasteiger partial charge on any atom is -0.384 e. The highest BCUT2D eigenvalue weighted by Crippen LogP contribution is 2.29. The Hall–Kier alpha value is -2.66. The van der Waals surface area contributed by atoms with E-state index in [4.69, 9.17) is 0 Å². The number of imidazole rings is 1. The molecule has 128 valence electrons. The maximum Gasteiger partial charge on any atom is 0.199 e. The molecule has 1 N–H and O–H groups in total. The second-order valence-corrected chi connectivity index (χ2v) is 6.78. The van der Waals surface area contributed by atoms with Gasteiger partial charge in [0.05, 0.1) is 21.9 Å². The van der Waals surface area contributed by atoms with E-state index in [9.17, 15) is 4.79 Å². The lowest BCUT2D eigenvalue weighted by Gasteiger charge is -2.13. The molecule has 0 aliphatic rings. The molecule has 0 spiro atoms. The van der Waals surface area contributed by atoms with E-state index >= 15 is 0 Å². The van der Waals surface area contributed by atoms with Crippen LogP contribution in [0.5, 0.6) is 0 Å². The predicted octanol–water partition coefficient (Wildman–Crippen LogP) is 3.11. The van der Waals surface area contributed by atoms with Crippen molar-refractivity contribution < 1.29 is 0 Å². The van der Waals surface area contributed by atoms with Crippen molar-refractivity contribution in [2.45, 2.75) is 13.3 Å². The maximum absolute atomic E-state index is 13.2. The number of hydrogen-bond acceptors (Lipinski definition) is 4. The number of aromatic nitrogens is 2. The van der Waals surface area contributed by atoms with E-state index in [2.05, 4.69) is 33.7 Å². The molecule has 0 bridgehead atoms. The summed E-state index contributed by atoms with van der Waals surface area (Å²) in [5, 5.41) is 4.93. The van der Waals surface area contributed by atoms with Gasteiger partial charge in [0.15, 0.2) is 5.43 Å². The molecule has 0 fully saturated rings. The summed E-state index contributed by atoms with van der Waals surface area (Å²) in [6.45, 7) is 3.83. The Labute approximate surface area is 146 Å². The molecule has 2 aromatic heterocycles. The van der Waals surface area contributed by atoms with Crippen molar-refractivity contribution in [3.63, 3.8) is 0 Å². The normalized spacial score (nSPS) is 12.0. The van der Waals surface area contributed by atoms with E-state index < -0.39 is 0 Å². The van der Waals surface area contributed by atoms with E-state index in [1.807, 2.05) is 43.3 Å². The van der Waals surface area contributed by atoms with Gasteiger partial charge in [-0.1, -0.05) is 12.1 Å². The van der Waals surface area contributed by atoms with Crippen molar-refractivity contribution in [3.05, 3.63) is 52.4 Å². The molecule has 2 heterocycles. The Morgan fingerprint density at radius 2 is 1.96 bits per heavy atom. The Kier molecular flexibility index (Phi) is 3.81. The first-order valence-electron chi connectivity index (χ1n) is 8.62. The number of nitrogens with zero attached hydrogens (tertiary/aromatic N) is 3. The molecular weight excluding hydrogens is 312 g/mol. The van der Waals surface area contributed by atoms with Crippen molar-refractivity contribution in [2.24, 2.45) is 0 Å². The van der Waals surface area contributed by atoms with Crippen molar-refractivity contribution in [1.29, 1.82) is 0 Å². The molecular formula is C20H22N4O. The summed E-state index contributed by atoms with van der Waals surface area (Å²) in [5.41, 5.74) is 3.67. The highest BCUT2D eigenvalue weighted by molar-refractivity contribution is 6.07. The lowest BCUT2D eigenvalue weighted by molar-refractivity contribution is 0.405. The molecule has 0 saturated carbocycles. The summed E-state index contributed by atoms with van der Waals surface area (Å²) in [4.78, 5) is 20.0. The second-order valence-electron chi connectivity index (χ2n) is 6.78. The molecule has 2 aromatic carbocycles. The predicted molar refractivity (Wildman–Crippen MR) is 104 cm³/mol. The van der Waals surface area contributed by atoms with Crippen LogP contribution in [-0.4, -0.2) is 41.5 Å². The standard InChI is InChI=1S/C20H22N4O/c1-13-22-16-10-9-15(21-11-6-12-23(2)3)18-19(16)24(13)17-8-5-4-7-14(17)20(18)25/h4-5,7-10,21H,6,11-12H2,1-3H3. The molecule has 0 aliphatic heterocycles. The highest BCUT2D eigenvalue weighted by Gasteiger charge is 2.17. The first-order valence-corrected chi connectivity index (χ1v) is 8.62. The number of aryl methyl sites for hydroxylation is 1. The summed E-state index contributed by atoms with van der Waals surface area (Å²) < 4.78 is 2.10. The largest absolute Gasteiger partial charge is 0.384 e. The molecule has 0 unspecified atom stereocenters. The maximum atomic E-state index is 13.2. The number of fused-ring (bicyclic) bond motifs is 2. The van der Waals surface area contributed by atoms with Crippen LogP contribution >= 0.6 is 0 Å². The quantitative estimate of drug-likeness (QED) is 0.450. The van der Waals surface area contributed by atoms with Gasteiger partial charge in [-0.05, 0) is 58.3 Å². The molecule has 0 amide bonds. The van der Waals surface area contributed by atoms with Gasteiger partial charge in [0.25, 0.3) is 0 Å². The van der Waals surface area contributed by atoms with E-state index in [-0.39, 0.29) is 5.43 Å². The topological polar surface area (TPSA) is 49.6 Å². The lowest BCUT2D eigenvalue weighted by atomic mass is 10.1. The van der Waals surface area contributed by atoms with Crippen LogP contribution in [0.15, 0.2) is 41.2 Å². The molecule has 4 rings (SSSR count). The van der Waals surface area contributed by atoms with Crippen LogP contribution in [0.2, 0.25) is 0 Å². The summed E-state index contributed by atoms with van der Waals surface area (Å²) in [5.74, 6) is 0.904. The smallest absolute Gasteiger partial charge is 0.199 e. The fraction of sp³-hybridized carbons (Fsp3) is 0.300. The van der Waals surface area contributed by atoms with Crippen LogP contribution in [0.25, 0.3) is 27.3 Å². The SMILES string of the molecule is Cc1nc2ccc(NCCCN(C)C)c3c(=O)c4ccccc4n1c23. The average molecular weight is 334 g/mol. The van der Waals surface area contributed by atoms with Gasteiger partial charge in [-0.15, -0.1) is 0 Å². The number of nitrogens with one attached hydrogen (secondary N) is 1. The first-order chi connectivity index (χ1) is 12.1. The summed E-state index contributed by atoms with van der Waals surface area (Å²) in [7, 11) is 4.13. The van der Waals surface area contributed by atoms with Gasteiger partial charge in [0.2, 0.25) is 0 Å². The third-order valence-electron chi connectivity index (χ3n) is 4.70. The van der Waals surface area contributed by atoms with Gasteiger partial charge in [-0.3, -0.25) is 9.20 Å². The average Bonchev–Trinajstić information content (AvgIpc) is 2.93. The summed E-state index contributed by atoms with van der Waals surface area (Å²) in [6.07, 6.45) is 1.02. The molecule has 5 nitrogen and oxygen atoms in total. The van der Waals surface area contributed by atoms with Crippen LogP contribution in [-0.2, 0) is 0 Å². The molecule has 4 aromatic rings. The zero-order valence-corrected chi connectivity index (χ0v) is 14.8. The Bertz CT molecular complexity index is 1110. The molecule has 0 aliphatic carbocycles. The molecule has 5 heteroatoms. The van der Waals surface area contributed by atoms with Crippen molar-refractivity contribution in [1.82, 2.24) is 14.3 Å². The van der Waals surface area contributed by atoms with Crippen LogP contribution < -0.4 is 10.7 Å². The minimum absolute atomic E-state index is 0.0729. The van der Waals surface area contributed by atoms with Crippen LogP contribution in [0.1, 0.15) is 12.2 Å². The van der Waals surface area contributed by atoms with Crippen LogP contribution in [0.4, 0.5) is 5.69 Å². The highest BCUT2D eigenvalue weighted by atomic mass is 16.1. The Morgan fingerprint density at radius 1 is 1.16 bits per heavy atom. The van der Waals surface area contributed by atoms with Gasteiger partial charge in [0.1, 0.15) is 5.82 Å². The Balaban J connectivity index is 1.93. The number of benzene rings is 2. The van der Waals surface area contributed by atoms with Crippen LogP contribution in [0.3, 0.4) is 0 Å². The second kappa shape index (κ2) is 6.01. The van der Waals surface area contributed by atoms with E-state index in [0.717, 1.165) is 58.3 Å². The zero-order chi connectivity index (χ0) is 17.6. The van der Waals surface area contributed by atoms with E-state index in [0.29, 0.717) is 0 Å². The Morgan fingerprint density at radius 3 is 2.76 bits per heavy atom. The fourth-order valence-corrected chi connectivity index (χ4v) is 3.57. The molecule has 0 atom stereocenters. The van der Waals surface area contributed by atoms with E-state index in [1.54, 1.807) is 0 Å². The van der Waals surface area contributed by atoms with Crippen molar-refractivity contribution in [2.75, 3.05) is 32.5 Å². The number of pyridine rings is 1. The third kappa shape index (κ3) is 2.51. The van der Waals surface area contributed by atoms with Gasteiger partial charge >= 0.3 is 0 Å². The van der Waals surface area contributed by atoms with Crippen LogP contribution in [0, 0.1) is 6.92 Å². The van der Waals surface area contributed by atoms with Gasteiger partial charge in [0, 0.05) is 17.6 Å². The van der Waals surface area contributed by atoms with Crippen molar-refractivity contribution >= 4 is 33.0 Å². The molecule has 0 radical (unpaired) electrons. The third-order valence-corrected chi connectivity index (χ3v) is 4.70. The lowest BCUT2D eigenvalue weighted by Crippen LogP contribution is -2.17. The first kappa shape index (κ1) is 15.8. The number of anilines is 1. The van der Waals surface area contributed by atoms with Gasteiger partial charge in [-0.2, -0.15) is 0 Å². The number of hydrogen-bond donors (Lipinski definition) is 1. The number of rotatable bonds is 5. The van der Waals surface area contributed by atoms with Gasteiger partial charge < -0.3 is 10.2 Å². The van der Waals surface area contributed by atoms with Crippen molar-refractivity contribution in [3.8, 4) is 0 Å². The number of para-hydroxylation sites is 1. The summed E-state index contributed by atoms with van der Waals surface area (Å²) >= 11 is 0. The molecule has 25 heavy (non-hydrogen) atoms. The van der Waals surface area contributed by atoms with Gasteiger partial charge in [-0.25, -0.2) is 4.98 Å². The molecule has 0 saturated heterocycles. The zero-order valence-electron chi connectivity index (χ0n) is 14.8.